The molecule has 61 heavy (non-hydrogen) atoms. The number of allylic oxidation sites excluding steroid dienone is 6. The van der Waals surface area contributed by atoms with Gasteiger partial charge in [0.1, 0.15) is 12.7 Å². The van der Waals surface area contributed by atoms with E-state index in [9.17, 15) is 24.2 Å². The van der Waals surface area contributed by atoms with Crippen molar-refractivity contribution in [1.29, 1.82) is 0 Å². The summed E-state index contributed by atoms with van der Waals surface area (Å²) in [5.74, 6) is -0.929. The molecule has 0 aromatic heterocycles. The monoisotopic (exact) mass is 885 g/mol. The summed E-state index contributed by atoms with van der Waals surface area (Å²) in [6.07, 6.45) is 49.6. The molecule has 10 nitrogen and oxygen atoms in total. The molecule has 11 heteroatoms. The van der Waals surface area contributed by atoms with Gasteiger partial charge in [-0.2, -0.15) is 0 Å². The van der Waals surface area contributed by atoms with E-state index in [0.717, 1.165) is 57.8 Å². The van der Waals surface area contributed by atoms with Crippen molar-refractivity contribution in [1.82, 2.24) is 0 Å². The zero-order valence-corrected chi connectivity index (χ0v) is 40.0. The Morgan fingerprint density at radius 3 is 1.31 bits per heavy atom. The summed E-state index contributed by atoms with van der Waals surface area (Å²) in [5.41, 5.74) is 0. The van der Waals surface area contributed by atoms with Crippen molar-refractivity contribution in [3.05, 3.63) is 36.5 Å². The van der Waals surface area contributed by atoms with Crippen molar-refractivity contribution in [3.63, 3.8) is 0 Å². The average Bonchev–Trinajstić information content (AvgIpc) is 3.25. The Bertz CT molecular complexity index is 1110. The van der Waals surface area contributed by atoms with Gasteiger partial charge in [0, 0.05) is 12.8 Å². The number of hydrogen-bond donors (Lipinski definition) is 3. The Morgan fingerprint density at radius 1 is 0.492 bits per heavy atom. The van der Waals surface area contributed by atoms with Gasteiger partial charge in [-0.1, -0.05) is 185 Å². The second-order valence-corrected chi connectivity index (χ2v) is 18.3. The number of rotatable bonds is 47. The van der Waals surface area contributed by atoms with Crippen LogP contribution >= 0.6 is 7.82 Å². The Kier molecular flexibility index (Phi) is 44.8. The van der Waals surface area contributed by atoms with Crippen LogP contribution in [0.15, 0.2) is 36.5 Å². The summed E-state index contributed by atoms with van der Waals surface area (Å²) in [4.78, 5) is 35.1. The molecule has 3 atom stereocenters. The molecule has 0 saturated heterocycles. The number of hydrogen-bond acceptors (Lipinski definition) is 9. The molecule has 0 aromatic rings. The average molecular weight is 885 g/mol. The molecule has 0 aliphatic carbocycles. The molecule has 0 aromatic carbocycles. The van der Waals surface area contributed by atoms with E-state index in [0.29, 0.717) is 12.8 Å². The highest BCUT2D eigenvalue weighted by Gasteiger charge is 2.27. The maximum Gasteiger partial charge on any atom is 0.472 e. The van der Waals surface area contributed by atoms with Crippen LogP contribution in [0.2, 0.25) is 0 Å². The van der Waals surface area contributed by atoms with Crippen molar-refractivity contribution in [3.8, 4) is 0 Å². The summed E-state index contributed by atoms with van der Waals surface area (Å²) in [6.45, 7) is 2.37. The number of phosphoric acid groups is 1. The third-order valence-corrected chi connectivity index (χ3v) is 11.7. The molecular formula is C50H93O10P. The standard InChI is InChI=1S/C50H93O10P/c1-3-5-7-9-11-13-15-17-19-21-22-23-24-26-27-29-31-33-35-37-39-41-49(53)57-45-48(46-59-61(55,56)58-44-47(52)43-51)60-50(54)42-40-38-36-34-32-30-28-25-20-18-16-14-12-10-8-6-4-2/h12,14,18,20-22,47-48,51-52H,3-11,13,15-17,19,23-46H2,1-2H3,(H,55,56)/b14-12-,20-18-,22-21-. The summed E-state index contributed by atoms with van der Waals surface area (Å²) in [5, 5.41) is 18.4. The molecule has 0 radical (unpaired) electrons. The zero-order chi connectivity index (χ0) is 44.8. The van der Waals surface area contributed by atoms with Gasteiger partial charge in [0.15, 0.2) is 6.10 Å². The fraction of sp³-hybridized carbons (Fsp3) is 0.840. The largest absolute Gasteiger partial charge is 0.472 e. The van der Waals surface area contributed by atoms with Crippen LogP contribution in [0.3, 0.4) is 0 Å². The number of esters is 2. The van der Waals surface area contributed by atoms with Crippen molar-refractivity contribution < 1.29 is 47.8 Å². The first-order chi connectivity index (χ1) is 29.7. The van der Waals surface area contributed by atoms with Gasteiger partial charge in [-0.25, -0.2) is 4.57 Å². The second-order valence-electron chi connectivity index (χ2n) is 16.8. The number of carbonyl (C=O) groups is 2. The quantitative estimate of drug-likeness (QED) is 0.0233. The van der Waals surface area contributed by atoms with E-state index < -0.39 is 51.8 Å². The fourth-order valence-corrected chi connectivity index (χ4v) is 7.69. The minimum atomic E-state index is -4.62. The number of carbonyl (C=O) groups excluding carboxylic acids is 2. The SMILES string of the molecule is CCCCC/C=C\C/C=C\CCCCCCCCCC(=O)OC(COC(=O)CCCCCCCCCCC/C=C\CCCCCCCCCC)COP(=O)(O)OCC(O)CO. The summed E-state index contributed by atoms with van der Waals surface area (Å²) >= 11 is 0. The van der Waals surface area contributed by atoms with Crippen LogP contribution in [0.25, 0.3) is 0 Å². The first-order valence-electron chi connectivity index (χ1n) is 24.9. The topological polar surface area (TPSA) is 149 Å². The number of aliphatic hydroxyl groups is 2. The van der Waals surface area contributed by atoms with Gasteiger partial charge in [-0.15, -0.1) is 0 Å². The number of unbranched alkanes of at least 4 members (excludes halogenated alkanes) is 27. The Hall–Kier alpha value is -1.81. The van der Waals surface area contributed by atoms with Crippen LogP contribution in [0.5, 0.6) is 0 Å². The van der Waals surface area contributed by atoms with Gasteiger partial charge < -0.3 is 24.6 Å². The first kappa shape index (κ1) is 59.2. The molecule has 0 amide bonds. The number of ether oxygens (including phenoxy) is 2. The summed E-state index contributed by atoms with van der Waals surface area (Å²) < 4.78 is 32.8. The molecule has 358 valence electrons. The first-order valence-corrected chi connectivity index (χ1v) is 26.4. The summed E-state index contributed by atoms with van der Waals surface area (Å²) in [7, 11) is -4.62. The Balaban J connectivity index is 4.19. The van der Waals surface area contributed by atoms with Crippen LogP contribution in [0, 0.1) is 0 Å². The van der Waals surface area contributed by atoms with E-state index in [2.05, 4.69) is 50.3 Å². The van der Waals surface area contributed by atoms with E-state index >= 15 is 0 Å². The minimum Gasteiger partial charge on any atom is -0.462 e. The molecule has 3 unspecified atom stereocenters. The van der Waals surface area contributed by atoms with Gasteiger partial charge in [-0.05, 0) is 70.6 Å². The van der Waals surface area contributed by atoms with Gasteiger partial charge in [0.25, 0.3) is 0 Å². The molecule has 0 rings (SSSR count). The van der Waals surface area contributed by atoms with Crippen LogP contribution in [-0.2, 0) is 32.7 Å². The smallest absolute Gasteiger partial charge is 0.462 e. The number of phosphoric ester groups is 1. The lowest BCUT2D eigenvalue weighted by molar-refractivity contribution is -0.161. The van der Waals surface area contributed by atoms with E-state index in [1.54, 1.807) is 0 Å². The van der Waals surface area contributed by atoms with E-state index in [-0.39, 0.29) is 19.4 Å². The lowest BCUT2D eigenvalue weighted by atomic mass is 10.1. The highest BCUT2D eigenvalue weighted by Crippen LogP contribution is 2.43. The highest BCUT2D eigenvalue weighted by atomic mass is 31.2. The fourth-order valence-electron chi connectivity index (χ4n) is 6.90. The van der Waals surface area contributed by atoms with Crippen LogP contribution < -0.4 is 0 Å². The molecule has 0 aliphatic rings. The molecule has 0 spiro atoms. The third kappa shape index (κ3) is 46.0. The summed E-state index contributed by atoms with van der Waals surface area (Å²) in [6, 6.07) is 0. The normalized spacial score (nSPS) is 14.0. The van der Waals surface area contributed by atoms with Crippen molar-refractivity contribution in [2.75, 3.05) is 26.4 Å². The predicted octanol–water partition coefficient (Wildman–Crippen LogP) is 13.9. The minimum absolute atomic E-state index is 0.176. The maximum atomic E-state index is 12.7. The molecule has 0 aliphatic heterocycles. The molecule has 0 heterocycles. The Morgan fingerprint density at radius 2 is 0.852 bits per heavy atom. The van der Waals surface area contributed by atoms with Crippen molar-refractivity contribution in [2.45, 2.75) is 244 Å². The van der Waals surface area contributed by atoms with Crippen molar-refractivity contribution >= 4 is 19.8 Å². The van der Waals surface area contributed by atoms with Crippen LogP contribution in [0.4, 0.5) is 0 Å². The number of aliphatic hydroxyl groups excluding tert-OH is 2. The second kappa shape index (κ2) is 46.2. The third-order valence-electron chi connectivity index (χ3n) is 10.8. The lowest BCUT2D eigenvalue weighted by Gasteiger charge is -2.20. The predicted molar refractivity (Wildman–Crippen MR) is 251 cm³/mol. The van der Waals surface area contributed by atoms with Crippen molar-refractivity contribution in [2.24, 2.45) is 0 Å². The molecular weight excluding hydrogens is 792 g/mol. The van der Waals surface area contributed by atoms with Gasteiger partial charge >= 0.3 is 19.8 Å². The molecule has 0 saturated carbocycles. The highest BCUT2D eigenvalue weighted by molar-refractivity contribution is 7.47. The Labute approximate surface area is 373 Å². The lowest BCUT2D eigenvalue weighted by Crippen LogP contribution is -2.29. The van der Waals surface area contributed by atoms with Gasteiger partial charge in [-0.3, -0.25) is 18.6 Å². The van der Waals surface area contributed by atoms with Gasteiger partial charge in [0.05, 0.1) is 19.8 Å². The van der Waals surface area contributed by atoms with E-state index in [4.69, 9.17) is 23.6 Å². The molecule has 0 fully saturated rings. The van der Waals surface area contributed by atoms with E-state index in [1.807, 2.05) is 0 Å². The molecule has 3 N–H and O–H groups in total. The maximum absolute atomic E-state index is 12.7. The van der Waals surface area contributed by atoms with Crippen LogP contribution in [-0.4, -0.2) is 65.7 Å². The van der Waals surface area contributed by atoms with Gasteiger partial charge in [0.2, 0.25) is 0 Å². The zero-order valence-electron chi connectivity index (χ0n) is 39.1. The van der Waals surface area contributed by atoms with Crippen LogP contribution in [0.1, 0.15) is 232 Å². The molecule has 0 bridgehead atoms. The van der Waals surface area contributed by atoms with E-state index in [1.165, 1.54) is 135 Å².